The summed E-state index contributed by atoms with van der Waals surface area (Å²) in [6, 6.07) is 4.59. The van der Waals surface area contributed by atoms with Crippen LogP contribution >= 0.6 is 24.0 Å². The zero-order chi connectivity index (χ0) is 13.6. The molecular formula is C13H13FN2OS2. The van der Waals surface area contributed by atoms with Gasteiger partial charge in [0.1, 0.15) is 11.9 Å². The van der Waals surface area contributed by atoms with E-state index in [1.165, 1.54) is 17.8 Å². The zero-order valence-electron chi connectivity index (χ0n) is 10.4. The van der Waals surface area contributed by atoms with Gasteiger partial charge in [-0.15, -0.1) is 11.8 Å². The lowest BCUT2D eigenvalue weighted by atomic mass is 10.0. The summed E-state index contributed by atoms with van der Waals surface area (Å²) in [6.45, 7) is 1.79. The Balaban J connectivity index is 2.03. The molecule has 6 heteroatoms. The first-order valence-corrected chi connectivity index (χ1v) is 7.53. The highest BCUT2D eigenvalue weighted by Crippen LogP contribution is 2.41. The van der Waals surface area contributed by atoms with E-state index >= 15 is 0 Å². The van der Waals surface area contributed by atoms with Crippen LogP contribution in [0.4, 0.5) is 4.39 Å². The van der Waals surface area contributed by atoms with Gasteiger partial charge < -0.3 is 5.32 Å². The highest BCUT2D eigenvalue weighted by atomic mass is 32.2. The minimum Gasteiger partial charge on any atom is -0.351 e. The number of fused-ring (bicyclic) bond motifs is 1. The van der Waals surface area contributed by atoms with E-state index < -0.39 is 0 Å². The predicted octanol–water partition coefficient (Wildman–Crippen LogP) is 2.47. The van der Waals surface area contributed by atoms with Gasteiger partial charge in [-0.05, 0) is 37.2 Å². The largest absolute Gasteiger partial charge is 0.351 e. The molecule has 1 saturated heterocycles. The van der Waals surface area contributed by atoms with Crippen molar-refractivity contribution in [2.24, 2.45) is 0 Å². The Hall–Kier alpha value is -1.14. The summed E-state index contributed by atoms with van der Waals surface area (Å²) in [5.41, 5.74) is 0.864. The Labute approximate surface area is 120 Å². The molecule has 2 aliphatic rings. The molecule has 3 nitrogen and oxygen atoms in total. The number of benzene rings is 1. The fourth-order valence-corrected chi connectivity index (χ4v) is 4.07. The van der Waals surface area contributed by atoms with Crippen molar-refractivity contribution < 1.29 is 9.18 Å². The van der Waals surface area contributed by atoms with Gasteiger partial charge >= 0.3 is 0 Å². The lowest BCUT2D eigenvalue weighted by molar-refractivity contribution is -0.128. The number of hydrogen-bond donors (Lipinski definition) is 1. The first-order valence-electron chi connectivity index (χ1n) is 6.14. The second-order valence-corrected chi connectivity index (χ2v) is 6.18. The summed E-state index contributed by atoms with van der Waals surface area (Å²) >= 11 is 6.74. The van der Waals surface area contributed by atoms with Crippen LogP contribution in [0, 0.1) is 5.82 Å². The topological polar surface area (TPSA) is 32.3 Å². The molecule has 100 valence electrons. The van der Waals surface area contributed by atoms with E-state index in [0.717, 1.165) is 17.7 Å². The van der Waals surface area contributed by atoms with Crippen LogP contribution in [0.5, 0.6) is 0 Å². The number of carbonyl (C=O) groups is 1. The summed E-state index contributed by atoms with van der Waals surface area (Å²) in [4.78, 5) is 14.4. The van der Waals surface area contributed by atoms with Gasteiger partial charge in [0.05, 0.1) is 6.04 Å². The molecule has 2 atom stereocenters. The number of thiocarbonyl (C=S) groups is 1. The third kappa shape index (κ3) is 2.03. The minimum absolute atomic E-state index is 0.0305. The second-order valence-electron chi connectivity index (χ2n) is 4.69. The van der Waals surface area contributed by atoms with Crippen LogP contribution in [0.2, 0.25) is 0 Å². The lowest BCUT2D eigenvalue weighted by Crippen LogP contribution is -2.36. The van der Waals surface area contributed by atoms with Gasteiger partial charge in [-0.1, -0.05) is 12.1 Å². The van der Waals surface area contributed by atoms with E-state index in [-0.39, 0.29) is 23.8 Å². The van der Waals surface area contributed by atoms with Crippen molar-refractivity contribution in [3.05, 3.63) is 29.6 Å². The molecule has 0 spiro atoms. The summed E-state index contributed by atoms with van der Waals surface area (Å²) in [5, 5.41) is 3.42. The van der Waals surface area contributed by atoms with Crippen molar-refractivity contribution in [1.82, 2.24) is 10.2 Å². The third-order valence-electron chi connectivity index (χ3n) is 3.47. The molecule has 0 aromatic heterocycles. The molecule has 2 heterocycles. The quantitative estimate of drug-likeness (QED) is 0.807. The van der Waals surface area contributed by atoms with Crippen molar-refractivity contribution in [2.75, 3.05) is 5.75 Å². The van der Waals surface area contributed by atoms with Crippen molar-refractivity contribution in [3.63, 3.8) is 0 Å². The number of thioether (sulfide) groups is 1. The molecule has 0 radical (unpaired) electrons. The second kappa shape index (κ2) is 4.76. The van der Waals surface area contributed by atoms with Crippen molar-refractivity contribution in [3.8, 4) is 0 Å². The van der Waals surface area contributed by atoms with Gasteiger partial charge in [0.2, 0.25) is 0 Å². The van der Waals surface area contributed by atoms with E-state index in [0.29, 0.717) is 10.0 Å². The lowest BCUT2D eigenvalue weighted by Gasteiger charge is -2.32. The highest BCUT2D eigenvalue weighted by Gasteiger charge is 2.39. The van der Waals surface area contributed by atoms with E-state index in [1.807, 2.05) is 6.07 Å². The average Bonchev–Trinajstić information content (AvgIpc) is 2.64. The molecule has 1 N–H and O–H groups in total. The van der Waals surface area contributed by atoms with Gasteiger partial charge in [-0.3, -0.25) is 9.69 Å². The Morgan fingerprint density at radius 2 is 2.32 bits per heavy atom. The van der Waals surface area contributed by atoms with Gasteiger partial charge in [-0.2, -0.15) is 0 Å². The third-order valence-corrected chi connectivity index (χ3v) is 4.95. The maximum atomic E-state index is 13.8. The first kappa shape index (κ1) is 12.9. The van der Waals surface area contributed by atoms with E-state index in [2.05, 4.69) is 5.32 Å². The van der Waals surface area contributed by atoms with Crippen molar-refractivity contribution >= 4 is 35.0 Å². The molecule has 3 rings (SSSR count). The molecule has 1 amide bonds. The Morgan fingerprint density at radius 1 is 1.53 bits per heavy atom. The van der Waals surface area contributed by atoms with Crippen molar-refractivity contribution in [1.29, 1.82) is 0 Å². The molecule has 1 aromatic carbocycles. The van der Waals surface area contributed by atoms with Gasteiger partial charge in [0, 0.05) is 10.6 Å². The molecule has 2 aliphatic heterocycles. The number of hydrogen-bond acceptors (Lipinski definition) is 3. The maximum Gasteiger partial charge on any atom is 0.251 e. The first-order chi connectivity index (χ1) is 9.09. The molecule has 0 unspecified atom stereocenters. The van der Waals surface area contributed by atoms with Crippen LogP contribution in [-0.2, 0) is 4.79 Å². The fourth-order valence-electron chi connectivity index (χ4n) is 2.56. The molecule has 1 aromatic rings. The number of halogens is 1. The maximum absolute atomic E-state index is 13.8. The van der Waals surface area contributed by atoms with Crippen LogP contribution in [0.3, 0.4) is 0 Å². The average molecular weight is 296 g/mol. The number of nitrogens with zero attached hydrogens (tertiary/aromatic N) is 1. The number of rotatable bonds is 1. The molecule has 0 bridgehead atoms. The smallest absolute Gasteiger partial charge is 0.251 e. The van der Waals surface area contributed by atoms with E-state index in [1.54, 1.807) is 17.9 Å². The Bertz CT molecular complexity index is 564. The van der Waals surface area contributed by atoms with Gasteiger partial charge in [-0.25, -0.2) is 4.39 Å². The van der Waals surface area contributed by atoms with E-state index in [9.17, 15) is 9.18 Å². The molecule has 0 aliphatic carbocycles. The van der Waals surface area contributed by atoms with Crippen LogP contribution < -0.4 is 5.32 Å². The number of nitrogens with one attached hydrogen (secondary N) is 1. The normalized spacial score (nSPS) is 26.3. The standard InChI is InChI=1S/C13H13FN2OS2/c1-7-12(17)16(13(18)15-7)10-5-6-19-11-8(10)3-2-4-9(11)14/h2-4,7,10H,5-6H2,1H3,(H,15,18)/t7-,10-/m1/s1. The molecule has 0 saturated carbocycles. The molecular weight excluding hydrogens is 283 g/mol. The van der Waals surface area contributed by atoms with Crippen molar-refractivity contribution in [2.45, 2.75) is 30.3 Å². The fraction of sp³-hybridized carbons (Fsp3) is 0.385. The van der Waals surface area contributed by atoms with Crippen LogP contribution in [0.25, 0.3) is 0 Å². The molecule has 19 heavy (non-hydrogen) atoms. The van der Waals surface area contributed by atoms with Crippen LogP contribution in [0.15, 0.2) is 23.1 Å². The Morgan fingerprint density at radius 3 is 3.00 bits per heavy atom. The zero-order valence-corrected chi connectivity index (χ0v) is 12.0. The van der Waals surface area contributed by atoms with E-state index in [4.69, 9.17) is 12.2 Å². The van der Waals surface area contributed by atoms with Crippen LogP contribution in [0.1, 0.15) is 24.9 Å². The number of amides is 1. The summed E-state index contributed by atoms with van der Waals surface area (Å²) in [6.07, 6.45) is 0.793. The summed E-state index contributed by atoms with van der Waals surface area (Å²) < 4.78 is 13.8. The van der Waals surface area contributed by atoms with Gasteiger partial charge in [0.15, 0.2) is 5.11 Å². The minimum atomic E-state index is -0.293. The Kier molecular flexibility index (Phi) is 3.22. The monoisotopic (exact) mass is 296 g/mol. The predicted molar refractivity (Wildman–Crippen MR) is 76.5 cm³/mol. The number of carbonyl (C=O) groups excluding carboxylic acids is 1. The van der Waals surface area contributed by atoms with Gasteiger partial charge in [0.25, 0.3) is 5.91 Å². The summed E-state index contributed by atoms with van der Waals surface area (Å²) in [5.74, 6) is 0.544. The highest BCUT2D eigenvalue weighted by molar-refractivity contribution is 7.99. The molecule has 1 fully saturated rings. The summed E-state index contributed by atoms with van der Waals surface area (Å²) in [7, 11) is 0. The SMILES string of the molecule is C[C@H]1NC(=S)N([C@@H]2CCSc3c(F)cccc32)C1=O. The van der Waals surface area contributed by atoms with Crippen LogP contribution in [-0.4, -0.2) is 27.7 Å².